The Morgan fingerprint density at radius 1 is 1.30 bits per heavy atom. The zero-order valence-electron chi connectivity index (χ0n) is 12.5. The third-order valence-corrected chi connectivity index (χ3v) is 5.15. The molecule has 0 amide bonds. The largest absolute Gasteiger partial charge is 0.501 e. The summed E-state index contributed by atoms with van der Waals surface area (Å²) in [6, 6.07) is 10.4. The molecule has 1 nitrogen and oxygen atoms in total. The summed E-state index contributed by atoms with van der Waals surface area (Å²) in [4.78, 5) is 0. The minimum Gasteiger partial charge on any atom is -0.501 e. The van der Waals surface area contributed by atoms with Gasteiger partial charge in [-0.15, -0.1) is 0 Å². The van der Waals surface area contributed by atoms with Crippen LogP contribution >= 0.6 is 11.8 Å². The van der Waals surface area contributed by atoms with Gasteiger partial charge in [-0.25, -0.2) is 0 Å². The van der Waals surface area contributed by atoms with Crippen LogP contribution < -0.4 is 0 Å². The van der Waals surface area contributed by atoms with Crippen molar-refractivity contribution in [2.45, 2.75) is 39.0 Å². The van der Waals surface area contributed by atoms with E-state index in [0.29, 0.717) is 0 Å². The molecule has 0 spiro atoms. The SMILES string of the molecule is C/C(=C/OCCCC1CCCCSC1)c1ccccc1. The maximum Gasteiger partial charge on any atom is 0.0873 e. The highest BCUT2D eigenvalue weighted by atomic mass is 32.2. The van der Waals surface area contributed by atoms with E-state index >= 15 is 0 Å². The highest BCUT2D eigenvalue weighted by Crippen LogP contribution is 2.25. The maximum atomic E-state index is 5.70. The summed E-state index contributed by atoms with van der Waals surface area (Å²) in [6.45, 7) is 2.96. The van der Waals surface area contributed by atoms with Gasteiger partial charge in [0.2, 0.25) is 0 Å². The molecule has 1 aliphatic rings. The summed E-state index contributed by atoms with van der Waals surface area (Å²) >= 11 is 2.14. The third-order valence-electron chi connectivity index (χ3n) is 3.87. The van der Waals surface area contributed by atoms with Crippen molar-refractivity contribution >= 4 is 17.3 Å². The van der Waals surface area contributed by atoms with Gasteiger partial charge in [-0.2, -0.15) is 11.8 Å². The lowest BCUT2D eigenvalue weighted by atomic mass is 9.99. The molecule has 1 aromatic rings. The van der Waals surface area contributed by atoms with Crippen LogP contribution in [-0.2, 0) is 4.74 Å². The summed E-state index contributed by atoms with van der Waals surface area (Å²) in [5.74, 6) is 3.65. The molecule has 1 saturated heterocycles. The second kappa shape index (κ2) is 9.12. The van der Waals surface area contributed by atoms with E-state index in [9.17, 15) is 0 Å². The molecule has 1 fully saturated rings. The van der Waals surface area contributed by atoms with E-state index in [1.165, 1.54) is 54.7 Å². The first-order chi connectivity index (χ1) is 9.86. The lowest BCUT2D eigenvalue weighted by Gasteiger charge is -2.12. The first-order valence-corrected chi connectivity index (χ1v) is 8.93. The van der Waals surface area contributed by atoms with Gasteiger partial charge in [-0.05, 0) is 61.2 Å². The summed E-state index contributed by atoms with van der Waals surface area (Å²) in [5, 5.41) is 0. The average Bonchev–Trinajstić information content (AvgIpc) is 2.76. The number of hydrogen-bond donors (Lipinski definition) is 0. The number of allylic oxidation sites excluding steroid dienone is 1. The van der Waals surface area contributed by atoms with E-state index in [0.717, 1.165) is 12.5 Å². The predicted molar refractivity (Wildman–Crippen MR) is 89.9 cm³/mol. The smallest absolute Gasteiger partial charge is 0.0873 e. The Morgan fingerprint density at radius 3 is 3.00 bits per heavy atom. The van der Waals surface area contributed by atoms with Gasteiger partial charge in [0.25, 0.3) is 0 Å². The Morgan fingerprint density at radius 2 is 2.15 bits per heavy atom. The molecule has 1 atom stereocenters. The van der Waals surface area contributed by atoms with E-state index in [-0.39, 0.29) is 0 Å². The summed E-state index contributed by atoms with van der Waals surface area (Å²) < 4.78 is 5.70. The van der Waals surface area contributed by atoms with Gasteiger partial charge in [0.05, 0.1) is 12.9 Å². The van der Waals surface area contributed by atoms with Gasteiger partial charge in [-0.1, -0.05) is 36.8 Å². The van der Waals surface area contributed by atoms with Crippen LogP contribution in [0.5, 0.6) is 0 Å². The van der Waals surface area contributed by atoms with Crippen LogP contribution in [0.25, 0.3) is 5.57 Å². The molecule has 1 aromatic carbocycles. The monoisotopic (exact) mass is 290 g/mol. The molecule has 0 aliphatic carbocycles. The van der Waals surface area contributed by atoms with Gasteiger partial charge in [0, 0.05) is 0 Å². The molecule has 2 rings (SSSR count). The van der Waals surface area contributed by atoms with Gasteiger partial charge in [0.15, 0.2) is 0 Å². The van der Waals surface area contributed by atoms with Crippen molar-refractivity contribution in [3.05, 3.63) is 42.2 Å². The van der Waals surface area contributed by atoms with Crippen molar-refractivity contribution < 1.29 is 4.74 Å². The quantitative estimate of drug-likeness (QED) is 0.514. The van der Waals surface area contributed by atoms with Crippen LogP contribution in [-0.4, -0.2) is 18.1 Å². The van der Waals surface area contributed by atoms with Gasteiger partial charge in [0.1, 0.15) is 0 Å². The lowest BCUT2D eigenvalue weighted by molar-refractivity contribution is 0.235. The molecule has 1 aliphatic heterocycles. The molecule has 110 valence electrons. The molecule has 20 heavy (non-hydrogen) atoms. The summed E-state index contributed by atoms with van der Waals surface area (Å²) in [5.41, 5.74) is 2.45. The Kier molecular flexibility index (Phi) is 7.07. The molecule has 1 unspecified atom stereocenters. The van der Waals surface area contributed by atoms with Crippen LogP contribution in [0.2, 0.25) is 0 Å². The van der Waals surface area contributed by atoms with E-state index < -0.39 is 0 Å². The lowest BCUT2D eigenvalue weighted by Crippen LogP contribution is -2.03. The Balaban J connectivity index is 1.63. The Labute approximate surface area is 127 Å². The fourth-order valence-electron chi connectivity index (χ4n) is 2.61. The maximum absolute atomic E-state index is 5.70. The van der Waals surface area contributed by atoms with Crippen LogP contribution in [0.1, 0.15) is 44.6 Å². The van der Waals surface area contributed by atoms with Crippen molar-refractivity contribution in [3.8, 4) is 0 Å². The minimum atomic E-state index is 0.853. The second-order valence-electron chi connectivity index (χ2n) is 5.62. The zero-order valence-corrected chi connectivity index (χ0v) is 13.3. The average molecular weight is 290 g/mol. The predicted octanol–water partition coefficient (Wildman–Crippen LogP) is 5.38. The van der Waals surface area contributed by atoms with Crippen molar-refractivity contribution in [1.82, 2.24) is 0 Å². The van der Waals surface area contributed by atoms with E-state index in [4.69, 9.17) is 4.74 Å². The van der Waals surface area contributed by atoms with Crippen LogP contribution in [0, 0.1) is 5.92 Å². The second-order valence-corrected chi connectivity index (χ2v) is 6.77. The topological polar surface area (TPSA) is 9.23 Å². The van der Waals surface area contributed by atoms with Crippen molar-refractivity contribution in [1.29, 1.82) is 0 Å². The number of benzene rings is 1. The standard InChI is InChI=1S/C18H26OS/c1-16(18-10-3-2-4-11-18)14-19-12-7-9-17-8-5-6-13-20-15-17/h2-4,10-11,14,17H,5-9,12-13,15H2,1H3/b16-14-. The van der Waals surface area contributed by atoms with Crippen LogP contribution in [0.3, 0.4) is 0 Å². The molecule has 0 bridgehead atoms. The fraction of sp³-hybridized carbons (Fsp3) is 0.556. The minimum absolute atomic E-state index is 0.853. The number of thioether (sulfide) groups is 1. The number of rotatable bonds is 6. The number of ether oxygens (including phenoxy) is 1. The van der Waals surface area contributed by atoms with Gasteiger partial charge >= 0.3 is 0 Å². The third kappa shape index (κ3) is 5.62. The Hall–Kier alpha value is -0.890. The highest BCUT2D eigenvalue weighted by molar-refractivity contribution is 7.99. The molecule has 0 N–H and O–H groups in total. The summed E-state index contributed by atoms with van der Waals surface area (Å²) in [6.07, 6.45) is 8.68. The van der Waals surface area contributed by atoms with E-state index in [1.807, 2.05) is 12.3 Å². The first-order valence-electron chi connectivity index (χ1n) is 7.78. The molecule has 0 radical (unpaired) electrons. The molecule has 2 heteroatoms. The summed E-state index contributed by atoms with van der Waals surface area (Å²) in [7, 11) is 0. The van der Waals surface area contributed by atoms with Crippen molar-refractivity contribution in [2.24, 2.45) is 5.92 Å². The van der Waals surface area contributed by atoms with Crippen molar-refractivity contribution in [3.63, 3.8) is 0 Å². The molecular weight excluding hydrogens is 264 g/mol. The van der Waals surface area contributed by atoms with Crippen LogP contribution in [0.4, 0.5) is 0 Å². The molecular formula is C18H26OS. The first kappa shape index (κ1) is 15.5. The molecule has 0 saturated carbocycles. The van der Waals surface area contributed by atoms with Crippen LogP contribution in [0.15, 0.2) is 36.6 Å². The highest BCUT2D eigenvalue weighted by Gasteiger charge is 2.11. The van der Waals surface area contributed by atoms with E-state index in [1.54, 1.807) is 0 Å². The fourth-order valence-corrected chi connectivity index (χ4v) is 3.85. The van der Waals surface area contributed by atoms with Gasteiger partial charge < -0.3 is 4.74 Å². The molecule has 1 heterocycles. The van der Waals surface area contributed by atoms with Crippen molar-refractivity contribution in [2.75, 3.05) is 18.1 Å². The zero-order chi connectivity index (χ0) is 14.0. The number of hydrogen-bond acceptors (Lipinski definition) is 2. The molecule has 0 aromatic heterocycles. The van der Waals surface area contributed by atoms with Gasteiger partial charge in [-0.3, -0.25) is 0 Å². The Bertz CT molecular complexity index is 391. The van der Waals surface area contributed by atoms with E-state index in [2.05, 4.69) is 43.0 Å². The normalized spacial score (nSPS) is 20.4.